The first kappa shape index (κ1) is 19.5. The highest BCUT2D eigenvalue weighted by molar-refractivity contribution is 6.34. The Labute approximate surface area is 165 Å². The summed E-state index contributed by atoms with van der Waals surface area (Å²) in [6.45, 7) is 6.81. The van der Waals surface area contributed by atoms with Crippen molar-refractivity contribution in [3.8, 4) is 11.5 Å². The van der Waals surface area contributed by atoms with E-state index in [1.54, 1.807) is 0 Å². The lowest BCUT2D eigenvalue weighted by molar-refractivity contribution is -0.120. The largest absolute Gasteiger partial charge is 0.486 e. The number of amides is 1. The molecule has 1 aliphatic rings. The van der Waals surface area contributed by atoms with Crippen LogP contribution in [0.25, 0.3) is 0 Å². The number of nitrogens with one attached hydrogen (secondary N) is 1. The summed E-state index contributed by atoms with van der Waals surface area (Å²) in [6.07, 6.45) is -0.134. The Bertz CT molecular complexity index is 817. The number of carbonyl (C=O) groups excluding carboxylic acids is 1. The Morgan fingerprint density at radius 2 is 2.00 bits per heavy atom. The number of hydrogen-bond acceptors (Lipinski definition) is 4. The number of nitrogens with zero attached hydrogens (tertiary/aromatic N) is 1. The Kier molecular flexibility index (Phi) is 5.92. The van der Waals surface area contributed by atoms with Crippen molar-refractivity contribution < 1.29 is 14.3 Å². The van der Waals surface area contributed by atoms with Gasteiger partial charge in [0.15, 0.2) is 11.5 Å². The van der Waals surface area contributed by atoms with Crippen LogP contribution in [-0.2, 0) is 4.79 Å². The van der Waals surface area contributed by atoms with Gasteiger partial charge in [0.05, 0.1) is 16.8 Å². The number of anilines is 1. The molecule has 0 bridgehead atoms. The van der Waals surface area contributed by atoms with Crippen molar-refractivity contribution in [2.75, 3.05) is 25.5 Å². The summed E-state index contributed by atoms with van der Waals surface area (Å²) in [5.74, 6) is 1.39. The van der Waals surface area contributed by atoms with Gasteiger partial charge in [-0.2, -0.15) is 0 Å². The number of benzene rings is 2. The number of likely N-dealkylation sites (N-methyl/N-ethyl adjacent to an activating group) is 1. The molecule has 0 aromatic heterocycles. The van der Waals surface area contributed by atoms with Crippen molar-refractivity contribution in [1.82, 2.24) is 4.90 Å². The van der Waals surface area contributed by atoms with Crippen LogP contribution in [0, 0.1) is 13.8 Å². The Morgan fingerprint density at radius 1 is 1.30 bits per heavy atom. The number of aryl methyl sites for hydroxylation is 2. The van der Waals surface area contributed by atoms with E-state index in [2.05, 4.69) is 5.32 Å². The number of halogens is 1. The van der Waals surface area contributed by atoms with Crippen molar-refractivity contribution in [3.63, 3.8) is 0 Å². The van der Waals surface area contributed by atoms with Gasteiger partial charge in [0, 0.05) is 6.54 Å². The van der Waals surface area contributed by atoms with Gasteiger partial charge in [-0.05, 0) is 57.1 Å². The topological polar surface area (TPSA) is 50.8 Å². The number of carbonyl (C=O) groups is 1. The molecule has 1 N–H and O–H groups in total. The molecule has 0 aliphatic carbocycles. The summed E-state index contributed by atoms with van der Waals surface area (Å²) in [5, 5.41) is 3.51. The molecule has 1 heterocycles. The number of rotatable bonds is 5. The maximum Gasteiger partial charge on any atom is 0.241 e. The minimum atomic E-state index is -0.345. The highest BCUT2D eigenvalue weighted by atomic mass is 35.5. The van der Waals surface area contributed by atoms with E-state index in [4.69, 9.17) is 21.1 Å². The number of para-hydroxylation sites is 2. The highest BCUT2D eigenvalue weighted by Gasteiger charge is 2.26. The van der Waals surface area contributed by atoms with Gasteiger partial charge in [0.2, 0.25) is 5.91 Å². The number of ether oxygens (including phenoxy) is 2. The van der Waals surface area contributed by atoms with E-state index in [0.29, 0.717) is 23.9 Å². The van der Waals surface area contributed by atoms with Crippen LogP contribution in [0.5, 0.6) is 11.5 Å². The molecule has 0 saturated heterocycles. The van der Waals surface area contributed by atoms with Crippen molar-refractivity contribution in [2.45, 2.75) is 32.9 Å². The van der Waals surface area contributed by atoms with Gasteiger partial charge in [-0.15, -0.1) is 0 Å². The molecule has 1 aliphatic heterocycles. The molecular formula is C21H25ClN2O3. The second kappa shape index (κ2) is 8.19. The quantitative estimate of drug-likeness (QED) is 0.839. The van der Waals surface area contributed by atoms with Crippen LogP contribution in [0.15, 0.2) is 36.4 Å². The zero-order chi connectivity index (χ0) is 19.6. The van der Waals surface area contributed by atoms with Gasteiger partial charge in [0.25, 0.3) is 0 Å². The van der Waals surface area contributed by atoms with Crippen LogP contribution in [0.1, 0.15) is 18.1 Å². The molecule has 5 nitrogen and oxygen atoms in total. The van der Waals surface area contributed by atoms with Crippen molar-refractivity contribution >= 4 is 23.2 Å². The van der Waals surface area contributed by atoms with Gasteiger partial charge in [-0.3, -0.25) is 9.69 Å². The molecular weight excluding hydrogens is 364 g/mol. The van der Waals surface area contributed by atoms with Gasteiger partial charge < -0.3 is 14.8 Å². The molecule has 144 valence electrons. The maximum atomic E-state index is 12.7. The fourth-order valence-corrected chi connectivity index (χ4v) is 3.50. The molecule has 0 radical (unpaired) electrons. The molecule has 2 aromatic rings. The van der Waals surface area contributed by atoms with E-state index < -0.39 is 0 Å². The van der Waals surface area contributed by atoms with E-state index >= 15 is 0 Å². The smallest absolute Gasteiger partial charge is 0.241 e. The molecule has 6 heteroatoms. The van der Waals surface area contributed by atoms with E-state index in [9.17, 15) is 4.79 Å². The molecule has 0 spiro atoms. The fourth-order valence-electron chi connectivity index (χ4n) is 3.13. The van der Waals surface area contributed by atoms with Crippen LogP contribution in [0.4, 0.5) is 5.69 Å². The van der Waals surface area contributed by atoms with Gasteiger partial charge in [-0.25, -0.2) is 0 Å². The van der Waals surface area contributed by atoms with Gasteiger partial charge in [-0.1, -0.05) is 29.8 Å². The second-order valence-corrected chi connectivity index (χ2v) is 7.45. The van der Waals surface area contributed by atoms with Crippen LogP contribution in [0.2, 0.25) is 5.02 Å². The molecule has 2 atom stereocenters. The van der Waals surface area contributed by atoms with Gasteiger partial charge in [0.1, 0.15) is 12.7 Å². The third-order valence-electron chi connectivity index (χ3n) is 4.78. The predicted molar refractivity (Wildman–Crippen MR) is 108 cm³/mol. The van der Waals surface area contributed by atoms with E-state index in [-0.39, 0.29) is 18.1 Å². The third-order valence-corrected chi connectivity index (χ3v) is 5.08. The molecule has 2 unspecified atom stereocenters. The number of fused-ring (bicyclic) bond motifs is 1. The van der Waals surface area contributed by atoms with Crippen molar-refractivity contribution in [2.24, 2.45) is 0 Å². The molecule has 3 rings (SSSR count). The highest BCUT2D eigenvalue weighted by Crippen LogP contribution is 2.31. The standard InChI is InChI=1S/C21H25ClN2O3/c1-13-9-14(2)20(17(22)10-13)23-21(25)15(3)24(4)11-16-12-26-18-7-5-6-8-19(18)27-16/h5-10,15-16H,11-12H2,1-4H3,(H,23,25). The first-order valence-electron chi connectivity index (χ1n) is 9.01. The maximum absolute atomic E-state index is 12.7. The number of hydrogen-bond donors (Lipinski definition) is 1. The van der Waals surface area contributed by atoms with Crippen LogP contribution >= 0.6 is 11.6 Å². The minimum absolute atomic E-state index is 0.108. The van der Waals surface area contributed by atoms with Crippen LogP contribution in [0.3, 0.4) is 0 Å². The second-order valence-electron chi connectivity index (χ2n) is 7.04. The Balaban J connectivity index is 1.60. The summed E-state index contributed by atoms with van der Waals surface area (Å²) in [5.41, 5.74) is 2.68. The molecule has 0 saturated carbocycles. The first-order valence-corrected chi connectivity index (χ1v) is 9.39. The van der Waals surface area contributed by atoms with Crippen molar-refractivity contribution in [3.05, 3.63) is 52.5 Å². The Morgan fingerprint density at radius 3 is 2.70 bits per heavy atom. The van der Waals surface area contributed by atoms with E-state index in [1.807, 2.05) is 69.1 Å². The average molecular weight is 389 g/mol. The lowest BCUT2D eigenvalue weighted by Crippen LogP contribution is -2.46. The van der Waals surface area contributed by atoms with E-state index in [0.717, 1.165) is 22.6 Å². The van der Waals surface area contributed by atoms with E-state index in [1.165, 1.54) is 0 Å². The zero-order valence-corrected chi connectivity index (χ0v) is 16.8. The summed E-state index contributed by atoms with van der Waals surface area (Å²) in [7, 11) is 1.90. The van der Waals surface area contributed by atoms with Crippen LogP contribution in [-0.4, -0.2) is 43.2 Å². The SMILES string of the molecule is Cc1cc(C)c(NC(=O)C(C)N(C)CC2COc3ccccc3O2)c(Cl)c1. The molecule has 2 aromatic carbocycles. The van der Waals surface area contributed by atoms with Gasteiger partial charge >= 0.3 is 0 Å². The summed E-state index contributed by atoms with van der Waals surface area (Å²) in [4.78, 5) is 14.7. The molecule has 0 fully saturated rings. The zero-order valence-electron chi connectivity index (χ0n) is 16.1. The summed E-state index contributed by atoms with van der Waals surface area (Å²) in [6, 6.07) is 11.1. The third kappa shape index (κ3) is 4.54. The summed E-state index contributed by atoms with van der Waals surface area (Å²) < 4.78 is 11.7. The minimum Gasteiger partial charge on any atom is -0.486 e. The Hall–Kier alpha value is -2.24. The monoisotopic (exact) mass is 388 g/mol. The predicted octanol–water partition coefficient (Wildman–Crippen LogP) is 4.06. The fraction of sp³-hybridized carbons (Fsp3) is 0.381. The average Bonchev–Trinajstić information content (AvgIpc) is 2.63. The normalized spacial score (nSPS) is 16.9. The molecule has 1 amide bonds. The molecule has 27 heavy (non-hydrogen) atoms. The van der Waals surface area contributed by atoms with Crippen molar-refractivity contribution in [1.29, 1.82) is 0 Å². The van der Waals surface area contributed by atoms with Crippen LogP contribution < -0.4 is 14.8 Å². The first-order chi connectivity index (χ1) is 12.8. The summed E-state index contributed by atoms with van der Waals surface area (Å²) >= 11 is 6.30. The lowest BCUT2D eigenvalue weighted by atomic mass is 10.1. The lowest BCUT2D eigenvalue weighted by Gasteiger charge is -2.31.